The van der Waals surface area contributed by atoms with E-state index in [1.54, 1.807) is 49.4 Å². The summed E-state index contributed by atoms with van der Waals surface area (Å²) in [4.78, 5) is 26.0. The van der Waals surface area contributed by atoms with Gasteiger partial charge < -0.3 is 5.32 Å². The Balaban J connectivity index is 1.50. The van der Waals surface area contributed by atoms with Crippen molar-refractivity contribution in [3.8, 4) is 5.69 Å². The first-order valence-electron chi connectivity index (χ1n) is 11.5. The maximum absolute atomic E-state index is 13.2. The minimum absolute atomic E-state index is 0.00865. The molecule has 0 aliphatic heterocycles. The van der Waals surface area contributed by atoms with E-state index in [4.69, 9.17) is 0 Å². The van der Waals surface area contributed by atoms with E-state index in [1.165, 1.54) is 36.4 Å². The van der Waals surface area contributed by atoms with Crippen molar-refractivity contribution in [1.29, 1.82) is 0 Å². The van der Waals surface area contributed by atoms with Gasteiger partial charge in [0.1, 0.15) is 5.56 Å². The Morgan fingerprint density at radius 2 is 1.55 bits per heavy atom. The molecule has 4 aromatic rings. The Kier molecular flexibility index (Phi) is 7.54. The molecule has 0 spiro atoms. The van der Waals surface area contributed by atoms with E-state index >= 15 is 0 Å². The first-order chi connectivity index (χ1) is 18.0. The molecule has 1 heterocycles. The summed E-state index contributed by atoms with van der Waals surface area (Å²) in [6.07, 6.45) is -4.58. The average Bonchev–Trinajstić information content (AvgIpc) is 2.88. The molecule has 0 bridgehead atoms. The van der Waals surface area contributed by atoms with Gasteiger partial charge in [-0.05, 0) is 60.5 Å². The number of alkyl halides is 3. The predicted octanol–water partition coefficient (Wildman–Crippen LogP) is 5.07. The van der Waals surface area contributed by atoms with Crippen LogP contribution in [-0.4, -0.2) is 18.9 Å². The van der Waals surface area contributed by atoms with Gasteiger partial charge in [0.15, 0.2) is 9.84 Å². The van der Waals surface area contributed by atoms with Crippen LogP contribution in [0.15, 0.2) is 101 Å². The Morgan fingerprint density at radius 1 is 0.868 bits per heavy atom. The average molecular weight is 541 g/mol. The molecule has 0 aliphatic rings. The molecule has 10 heteroatoms. The van der Waals surface area contributed by atoms with Crippen LogP contribution in [0.3, 0.4) is 0 Å². The molecule has 1 aromatic heterocycles. The van der Waals surface area contributed by atoms with Gasteiger partial charge in [-0.2, -0.15) is 13.2 Å². The zero-order valence-corrected chi connectivity index (χ0v) is 21.0. The minimum Gasteiger partial charge on any atom is -0.348 e. The molecule has 0 unspecified atom stereocenters. The van der Waals surface area contributed by atoms with Gasteiger partial charge in [0.25, 0.3) is 11.5 Å². The number of benzene rings is 3. The molecule has 1 N–H and O–H groups in total. The van der Waals surface area contributed by atoms with Gasteiger partial charge >= 0.3 is 6.18 Å². The molecule has 4 rings (SSSR count). The van der Waals surface area contributed by atoms with Gasteiger partial charge in [0.2, 0.25) is 0 Å². The van der Waals surface area contributed by atoms with Crippen LogP contribution in [0, 0.1) is 6.92 Å². The lowest BCUT2D eigenvalue weighted by Crippen LogP contribution is -2.33. The van der Waals surface area contributed by atoms with E-state index in [-0.39, 0.29) is 28.4 Å². The second-order valence-electron chi connectivity index (χ2n) is 8.65. The summed E-state index contributed by atoms with van der Waals surface area (Å²) < 4.78 is 65.9. The first kappa shape index (κ1) is 26.9. The number of carbonyl (C=O) groups excluding carboxylic acids is 1. The normalized spacial score (nSPS) is 11.8. The monoisotopic (exact) mass is 540 g/mol. The molecule has 1 amide bonds. The van der Waals surface area contributed by atoms with Gasteiger partial charge in [-0.3, -0.25) is 14.2 Å². The molecule has 0 saturated heterocycles. The van der Waals surface area contributed by atoms with Crippen molar-refractivity contribution in [2.24, 2.45) is 0 Å². The maximum Gasteiger partial charge on any atom is 0.416 e. The fourth-order valence-corrected chi connectivity index (χ4v) is 5.26. The van der Waals surface area contributed by atoms with Crippen LogP contribution in [0.25, 0.3) is 5.69 Å². The van der Waals surface area contributed by atoms with E-state index in [2.05, 4.69) is 5.32 Å². The van der Waals surface area contributed by atoms with Crippen LogP contribution in [0.4, 0.5) is 13.2 Å². The number of nitrogens with zero attached hydrogens (tertiary/aromatic N) is 1. The molecule has 0 fully saturated rings. The lowest BCUT2D eigenvalue weighted by Gasteiger charge is -2.14. The summed E-state index contributed by atoms with van der Waals surface area (Å²) in [6.45, 7) is 1.56. The Bertz CT molecular complexity index is 1630. The number of amides is 1. The Morgan fingerprint density at radius 3 is 2.21 bits per heavy atom. The van der Waals surface area contributed by atoms with Crippen molar-refractivity contribution in [2.75, 3.05) is 0 Å². The molecule has 38 heavy (non-hydrogen) atoms. The molecule has 3 aromatic carbocycles. The second-order valence-corrected chi connectivity index (χ2v) is 10.6. The number of nitrogens with one attached hydrogen (secondary N) is 1. The van der Waals surface area contributed by atoms with E-state index in [0.717, 1.165) is 16.7 Å². The van der Waals surface area contributed by atoms with Crippen LogP contribution >= 0.6 is 0 Å². The summed E-state index contributed by atoms with van der Waals surface area (Å²) in [6, 6.07) is 21.9. The third kappa shape index (κ3) is 6.03. The third-order valence-electron chi connectivity index (χ3n) is 5.89. The first-order valence-corrected chi connectivity index (χ1v) is 13.1. The van der Waals surface area contributed by atoms with E-state index in [1.807, 2.05) is 0 Å². The number of hydrogen-bond acceptors (Lipinski definition) is 4. The van der Waals surface area contributed by atoms with Gasteiger partial charge in [0, 0.05) is 17.9 Å². The van der Waals surface area contributed by atoms with Crippen LogP contribution in [0.5, 0.6) is 0 Å². The highest BCUT2D eigenvalue weighted by Crippen LogP contribution is 2.30. The standard InChI is InChI=1S/C28H23F3N2O4S/c1-19-10-15-25(27(35)33(19)23-9-5-8-22(16-23)28(29,30)31)26(34)32-17-20-11-13-24(14-12-20)38(36,37)18-21-6-3-2-4-7-21/h2-16H,17-18H2,1H3,(H,32,34). The van der Waals surface area contributed by atoms with Gasteiger partial charge in [-0.25, -0.2) is 8.42 Å². The van der Waals surface area contributed by atoms with E-state index in [0.29, 0.717) is 16.8 Å². The number of aryl methyl sites for hydroxylation is 1. The topological polar surface area (TPSA) is 85.2 Å². The van der Waals surface area contributed by atoms with Crippen molar-refractivity contribution in [3.63, 3.8) is 0 Å². The fraction of sp³-hybridized carbons (Fsp3) is 0.143. The van der Waals surface area contributed by atoms with Crippen LogP contribution in [0.2, 0.25) is 0 Å². The van der Waals surface area contributed by atoms with Crippen LogP contribution < -0.4 is 10.9 Å². The SMILES string of the molecule is Cc1ccc(C(=O)NCc2ccc(S(=O)(=O)Cc3ccccc3)cc2)c(=O)n1-c1cccc(C(F)(F)F)c1. The molecule has 0 aliphatic carbocycles. The van der Waals surface area contributed by atoms with Crippen molar-refractivity contribution in [2.45, 2.75) is 30.3 Å². The van der Waals surface area contributed by atoms with Crippen LogP contribution in [0.1, 0.15) is 32.7 Å². The number of sulfone groups is 1. The lowest BCUT2D eigenvalue weighted by molar-refractivity contribution is -0.137. The molecular weight excluding hydrogens is 517 g/mol. The molecule has 0 atom stereocenters. The van der Waals surface area contributed by atoms with E-state index < -0.39 is 33.0 Å². The zero-order chi connectivity index (χ0) is 27.5. The minimum atomic E-state index is -4.58. The summed E-state index contributed by atoms with van der Waals surface area (Å²) in [7, 11) is -3.56. The lowest BCUT2D eigenvalue weighted by atomic mass is 10.1. The predicted molar refractivity (Wildman–Crippen MR) is 137 cm³/mol. The highest BCUT2D eigenvalue weighted by Gasteiger charge is 2.30. The molecule has 6 nitrogen and oxygen atoms in total. The van der Waals surface area contributed by atoms with Crippen molar-refractivity contribution >= 4 is 15.7 Å². The number of pyridine rings is 1. The Hall–Kier alpha value is -4.18. The quantitative estimate of drug-likeness (QED) is 0.355. The number of carbonyl (C=O) groups is 1. The highest BCUT2D eigenvalue weighted by atomic mass is 32.2. The smallest absolute Gasteiger partial charge is 0.348 e. The number of rotatable bonds is 7. The summed E-state index contributed by atoms with van der Waals surface area (Å²) >= 11 is 0. The largest absolute Gasteiger partial charge is 0.416 e. The van der Waals surface area contributed by atoms with Gasteiger partial charge in [-0.1, -0.05) is 48.5 Å². The van der Waals surface area contributed by atoms with E-state index in [9.17, 15) is 31.2 Å². The van der Waals surface area contributed by atoms with Crippen molar-refractivity contribution in [1.82, 2.24) is 9.88 Å². The number of halogens is 3. The Labute approximate surface area is 217 Å². The number of hydrogen-bond donors (Lipinski definition) is 1. The van der Waals surface area contributed by atoms with Gasteiger partial charge in [-0.15, -0.1) is 0 Å². The molecular formula is C28H23F3N2O4S. The molecule has 196 valence electrons. The zero-order valence-electron chi connectivity index (χ0n) is 20.2. The summed E-state index contributed by atoms with van der Waals surface area (Å²) in [5.41, 5.74) is -0.299. The fourth-order valence-electron chi connectivity index (χ4n) is 3.91. The molecule has 0 radical (unpaired) electrons. The third-order valence-corrected chi connectivity index (χ3v) is 7.59. The molecule has 0 saturated carbocycles. The van der Waals surface area contributed by atoms with Crippen molar-refractivity contribution in [3.05, 3.63) is 129 Å². The second kappa shape index (κ2) is 10.7. The van der Waals surface area contributed by atoms with Crippen LogP contribution in [-0.2, 0) is 28.3 Å². The summed E-state index contributed by atoms with van der Waals surface area (Å²) in [5, 5.41) is 2.61. The van der Waals surface area contributed by atoms with Crippen molar-refractivity contribution < 1.29 is 26.4 Å². The number of aromatic nitrogens is 1. The maximum atomic E-state index is 13.2. The summed E-state index contributed by atoms with van der Waals surface area (Å²) in [5.74, 6) is -0.855. The highest BCUT2D eigenvalue weighted by molar-refractivity contribution is 7.90. The van der Waals surface area contributed by atoms with Gasteiger partial charge in [0.05, 0.1) is 16.2 Å².